The Hall–Kier alpha value is -2.90. The fourth-order valence-corrected chi connectivity index (χ4v) is 6.05. The summed E-state index contributed by atoms with van der Waals surface area (Å²) < 4.78 is 2.65. The molecule has 1 amide bonds. The predicted molar refractivity (Wildman–Crippen MR) is 146 cm³/mol. The monoisotopic (exact) mass is 563 g/mol. The summed E-state index contributed by atoms with van der Waals surface area (Å²) in [5.74, 6) is 1.28. The first-order valence-electron chi connectivity index (χ1n) is 12.5. The van der Waals surface area contributed by atoms with E-state index in [2.05, 4.69) is 55.5 Å². The first kappa shape index (κ1) is 23.5. The minimum Gasteiger partial charge on any atom is -0.367 e. The van der Waals surface area contributed by atoms with Crippen LogP contribution < -0.4 is 5.32 Å². The molecular formula is C28H27BrClN5O. The first-order valence-corrected chi connectivity index (χ1v) is 13.6. The number of carbonyl (C=O) groups is 1. The number of piperidine rings is 1. The van der Waals surface area contributed by atoms with Crippen LogP contribution in [0.15, 0.2) is 65.3 Å². The summed E-state index contributed by atoms with van der Waals surface area (Å²) in [6, 6.07) is 18.5. The third-order valence-corrected chi connectivity index (χ3v) is 8.32. The molecule has 1 N–H and O–H groups in total. The molecular weight excluding hydrogens is 538 g/mol. The van der Waals surface area contributed by atoms with E-state index in [4.69, 9.17) is 16.6 Å². The Morgan fingerprint density at radius 3 is 2.58 bits per heavy atom. The summed E-state index contributed by atoms with van der Waals surface area (Å²) >= 11 is 10.0. The molecule has 6 nitrogen and oxygen atoms in total. The summed E-state index contributed by atoms with van der Waals surface area (Å²) in [5.41, 5.74) is 5.14. The molecule has 2 aromatic carbocycles. The van der Waals surface area contributed by atoms with Gasteiger partial charge in [0, 0.05) is 41.7 Å². The number of fused-ring (bicyclic) bond motifs is 2. The Labute approximate surface area is 223 Å². The van der Waals surface area contributed by atoms with Gasteiger partial charge in [-0.1, -0.05) is 54.1 Å². The molecule has 1 fully saturated rings. The summed E-state index contributed by atoms with van der Waals surface area (Å²) in [7, 11) is 0. The van der Waals surface area contributed by atoms with Crippen molar-refractivity contribution in [1.29, 1.82) is 0 Å². The molecule has 8 heteroatoms. The molecule has 1 unspecified atom stereocenters. The van der Waals surface area contributed by atoms with Gasteiger partial charge >= 0.3 is 0 Å². The SMILES string of the molecule is O=C(C1CCc2ccccc2C1)N1CCC(Nc2cc(-c3ccccc3Cl)nc3c(Br)cnn23)CC1. The van der Waals surface area contributed by atoms with Crippen molar-refractivity contribution in [3.05, 3.63) is 81.4 Å². The number of hydrogen-bond acceptors (Lipinski definition) is 4. The molecule has 1 saturated heterocycles. The Kier molecular flexibility index (Phi) is 6.44. The Bertz CT molecular complexity index is 1430. The zero-order valence-electron chi connectivity index (χ0n) is 19.8. The fourth-order valence-electron chi connectivity index (χ4n) is 5.47. The molecule has 6 rings (SSSR count). The topological polar surface area (TPSA) is 62.5 Å². The van der Waals surface area contributed by atoms with Crippen LogP contribution in [0.25, 0.3) is 16.9 Å². The van der Waals surface area contributed by atoms with Crippen molar-refractivity contribution in [3.8, 4) is 11.3 Å². The van der Waals surface area contributed by atoms with Crippen molar-refractivity contribution < 1.29 is 4.79 Å². The van der Waals surface area contributed by atoms with Gasteiger partial charge in [0.2, 0.25) is 5.91 Å². The van der Waals surface area contributed by atoms with Crippen molar-refractivity contribution >= 4 is 44.9 Å². The lowest BCUT2D eigenvalue weighted by molar-refractivity contribution is -0.136. The summed E-state index contributed by atoms with van der Waals surface area (Å²) in [4.78, 5) is 20.2. The zero-order chi connectivity index (χ0) is 24.6. The highest BCUT2D eigenvalue weighted by Gasteiger charge is 2.31. The second kappa shape index (κ2) is 9.87. The number of likely N-dealkylation sites (tertiary alicyclic amines) is 1. The molecule has 0 radical (unpaired) electrons. The maximum Gasteiger partial charge on any atom is 0.226 e. The highest BCUT2D eigenvalue weighted by Crippen LogP contribution is 2.32. The summed E-state index contributed by atoms with van der Waals surface area (Å²) in [6.07, 6.45) is 6.35. The highest BCUT2D eigenvalue weighted by molar-refractivity contribution is 9.10. The van der Waals surface area contributed by atoms with Gasteiger partial charge in [0.25, 0.3) is 0 Å². The van der Waals surface area contributed by atoms with E-state index in [1.54, 1.807) is 6.20 Å². The zero-order valence-corrected chi connectivity index (χ0v) is 22.2. The number of aryl methyl sites for hydroxylation is 1. The van der Waals surface area contributed by atoms with Crippen molar-refractivity contribution in [1.82, 2.24) is 19.5 Å². The van der Waals surface area contributed by atoms with Crippen LogP contribution in [-0.2, 0) is 17.6 Å². The van der Waals surface area contributed by atoms with Crippen LogP contribution in [0.2, 0.25) is 5.02 Å². The van der Waals surface area contributed by atoms with E-state index in [1.165, 1.54) is 11.1 Å². The van der Waals surface area contributed by atoms with E-state index in [-0.39, 0.29) is 12.0 Å². The van der Waals surface area contributed by atoms with Gasteiger partial charge in [0.05, 0.1) is 16.4 Å². The third kappa shape index (κ3) is 4.50. The van der Waals surface area contributed by atoms with E-state index in [0.717, 1.165) is 72.4 Å². The van der Waals surface area contributed by atoms with Gasteiger partial charge < -0.3 is 10.2 Å². The third-order valence-electron chi connectivity index (χ3n) is 7.43. The van der Waals surface area contributed by atoms with Gasteiger partial charge in [0.15, 0.2) is 5.65 Å². The smallest absolute Gasteiger partial charge is 0.226 e. The van der Waals surface area contributed by atoms with Crippen molar-refractivity contribution in [2.45, 2.75) is 38.1 Å². The number of nitrogens with one attached hydrogen (secondary N) is 1. The van der Waals surface area contributed by atoms with Crippen LogP contribution in [-0.4, -0.2) is 44.5 Å². The summed E-state index contributed by atoms with van der Waals surface area (Å²) in [6.45, 7) is 1.53. The van der Waals surface area contributed by atoms with Crippen LogP contribution >= 0.6 is 27.5 Å². The number of amides is 1. The predicted octanol–water partition coefficient (Wildman–Crippen LogP) is 6.02. The number of halogens is 2. The second-order valence-corrected chi connectivity index (χ2v) is 10.9. The van der Waals surface area contributed by atoms with Crippen LogP contribution in [0.4, 0.5) is 5.82 Å². The Morgan fingerprint density at radius 2 is 1.78 bits per heavy atom. The highest BCUT2D eigenvalue weighted by atomic mass is 79.9. The minimum atomic E-state index is 0.101. The average molecular weight is 565 g/mol. The Morgan fingerprint density at radius 1 is 1.03 bits per heavy atom. The van der Waals surface area contributed by atoms with E-state index >= 15 is 0 Å². The van der Waals surface area contributed by atoms with Gasteiger partial charge in [0.1, 0.15) is 5.82 Å². The molecule has 1 atom stereocenters. The van der Waals surface area contributed by atoms with Crippen molar-refractivity contribution in [2.24, 2.45) is 5.92 Å². The van der Waals surface area contributed by atoms with Crippen molar-refractivity contribution in [3.63, 3.8) is 0 Å². The molecule has 0 spiro atoms. The number of aromatic nitrogens is 3. The standard InChI is InChI=1S/C28H27BrClN5O/c29-23-17-31-35-26(16-25(33-27(23)35)22-7-3-4-8-24(22)30)32-21-11-13-34(14-12-21)28(36)20-10-9-18-5-1-2-6-19(18)15-20/h1-8,16-17,20-21,32H,9-15H2. The van der Waals surface area contributed by atoms with E-state index in [9.17, 15) is 4.79 Å². The lowest BCUT2D eigenvalue weighted by atomic mass is 9.83. The quantitative estimate of drug-likeness (QED) is 0.329. The number of nitrogens with zero attached hydrogens (tertiary/aromatic N) is 4. The molecule has 0 saturated carbocycles. The van der Waals surface area contributed by atoms with Gasteiger partial charge in [-0.3, -0.25) is 4.79 Å². The number of hydrogen-bond donors (Lipinski definition) is 1. The number of anilines is 1. The fraction of sp³-hybridized carbons (Fsp3) is 0.321. The molecule has 1 aliphatic heterocycles. The minimum absolute atomic E-state index is 0.101. The second-order valence-electron chi connectivity index (χ2n) is 9.69. The average Bonchev–Trinajstić information content (AvgIpc) is 3.29. The van der Waals surface area contributed by atoms with Crippen LogP contribution in [0.1, 0.15) is 30.4 Å². The molecule has 1 aliphatic carbocycles. The van der Waals surface area contributed by atoms with Gasteiger partial charge in [-0.05, 0) is 65.2 Å². The molecule has 36 heavy (non-hydrogen) atoms. The molecule has 3 heterocycles. The van der Waals surface area contributed by atoms with E-state index in [1.807, 2.05) is 34.8 Å². The van der Waals surface area contributed by atoms with Crippen LogP contribution in [0, 0.1) is 5.92 Å². The van der Waals surface area contributed by atoms with Gasteiger partial charge in [-0.25, -0.2) is 4.98 Å². The van der Waals surface area contributed by atoms with E-state index < -0.39 is 0 Å². The maximum atomic E-state index is 13.3. The summed E-state index contributed by atoms with van der Waals surface area (Å²) in [5, 5.41) is 8.85. The van der Waals surface area contributed by atoms with Crippen LogP contribution in [0.3, 0.4) is 0 Å². The molecule has 4 aromatic rings. The number of rotatable bonds is 4. The van der Waals surface area contributed by atoms with Crippen LogP contribution in [0.5, 0.6) is 0 Å². The first-order chi connectivity index (χ1) is 17.6. The number of benzene rings is 2. The van der Waals surface area contributed by atoms with E-state index in [0.29, 0.717) is 10.9 Å². The largest absolute Gasteiger partial charge is 0.367 e. The molecule has 2 aromatic heterocycles. The molecule has 2 aliphatic rings. The lowest BCUT2D eigenvalue weighted by Crippen LogP contribution is -2.45. The normalized spacial score (nSPS) is 18.3. The lowest BCUT2D eigenvalue weighted by Gasteiger charge is -2.36. The maximum absolute atomic E-state index is 13.3. The number of carbonyl (C=O) groups excluding carboxylic acids is 1. The molecule has 184 valence electrons. The van der Waals surface area contributed by atoms with Crippen molar-refractivity contribution in [2.75, 3.05) is 18.4 Å². The van der Waals surface area contributed by atoms with Gasteiger partial charge in [-0.2, -0.15) is 9.61 Å². The van der Waals surface area contributed by atoms with Gasteiger partial charge in [-0.15, -0.1) is 0 Å². The Balaban J connectivity index is 1.16. The molecule has 0 bridgehead atoms.